The smallest absolute Gasteiger partial charge is 0.274 e. The Morgan fingerprint density at radius 3 is 2.50 bits per heavy atom. The highest BCUT2D eigenvalue weighted by Gasteiger charge is 2.22. The molecule has 0 spiro atoms. The van der Waals surface area contributed by atoms with E-state index in [9.17, 15) is 14.0 Å². The number of pyridine rings is 1. The van der Waals surface area contributed by atoms with Crippen LogP contribution < -0.4 is 16.6 Å². The monoisotopic (exact) mass is 303 g/mol. The Hall–Kier alpha value is -2.47. The Morgan fingerprint density at radius 2 is 1.91 bits per heavy atom. The van der Waals surface area contributed by atoms with E-state index in [2.05, 4.69) is 5.32 Å². The lowest BCUT2D eigenvalue weighted by Crippen LogP contribution is -2.46. The van der Waals surface area contributed by atoms with E-state index in [0.717, 1.165) is 5.56 Å². The van der Waals surface area contributed by atoms with Crippen LogP contribution in [0.5, 0.6) is 0 Å². The molecule has 1 aromatic heterocycles. The number of hydrogen-bond acceptors (Lipinski definition) is 3. The van der Waals surface area contributed by atoms with E-state index in [0.29, 0.717) is 0 Å². The lowest BCUT2D eigenvalue weighted by atomic mass is 10.1. The van der Waals surface area contributed by atoms with Gasteiger partial charge in [0.2, 0.25) is 5.91 Å². The van der Waals surface area contributed by atoms with Crippen LogP contribution in [-0.2, 0) is 11.3 Å². The van der Waals surface area contributed by atoms with Crippen molar-refractivity contribution in [2.75, 3.05) is 5.32 Å². The molecule has 1 aromatic carbocycles. The summed E-state index contributed by atoms with van der Waals surface area (Å²) in [4.78, 5) is 24.2. The van der Waals surface area contributed by atoms with Crippen LogP contribution in [0.4, 0.5) is 10.1 Å². The van der Waals surface area contributed by atoms with E-state index in [-0.39, 0.29) is 23.6 Å². The van der Waals surface area contributed by atoms with Crippen molar-refractivity contribution in [3.05, 3.63) is 64.3 Å². The molecule has 0 fully saturated rings. The molecule has 0 saturated heterocycles. The third-order valence-corrected chi connectivity index (χ3v) is 3.12. The van der Waals surface area contributed by atoms with E-state index in [1.165, 1.54) is 22.8 Å². The van der Waals surface area contributed by atoms with Crippen LogP contribution in [-0.4, -0.2) is 16.0 Å². The van der Waals surface area contributed by atoms with Crippen LogP contribution in [0.1, 0.15) is 19.4 Å². The molecule has 0 aliphatic rings. The molecule has 0 aliphatic carbocycles. The Labute approximate surface area is 127 Å². The highest BCUT2D eigenvalue weighted by atomic mass is 19.1. The maximum atomic E-state index is 12.9. The number of nitrogens with two attached hydrogens (primary N) is 1. The Bertz CT molecular complexity index is 730. The van der Waals surface area contributed by atoms with Gasteiger partial charge in [-0.05, 0) is 43.7 Å². The third kappa shape index (κ3) is 3.79. The van der Waals surface area contributed by atoms with Gasteiger partial charge in [-0.3, -0.25) is 9.59 Å². The van der Waals surface area contributed by atoms with E-state index < -0.39 is 11.4 Å². The summed E-state index contributed by atoms with van der Waals surface area (Å²) in [6.45, 7) is 3.40. The first-order chi connectivity index (χ1) is 10.3. The largest absolute Gasteiger partial charge is 0.320 e. The van der Waals surface area contributed by atoms with Crippen molar-refractivity contribution < 1.29 is 9.18 Å². The number of amides is 1. The summed E-state index contributed by atoms with van der Waals surface area (Å²) in [7, 11) is 0. The highest BCUT2D eigenvalue weighted by molar-refractivity contribution is 5.97. The molecule has 1 heterocycles. The maximum Gasteiger partial charge on any atom is 0.274 e. The van der Waals surface area contributed by atoms with E-state index in [1.807, 2.05) is 0 Å². The Balaban J connectivity index is 2.24. The highest BCUT2D eigenvalue weighted by Crippen LogP contribution is 2.07. The number of benzene rings is 1. The van der Waals surface area contributed by atoms with Crippen LogP contribution in [0.2, 0.25) is 0 Å². The molecule has 0 aliphatic heterocycles. The zero-order valence-electron chi connectivity index (χ0n) is 12.5. The van der Waals surface area contributed by atoms with E-state index in [1.54, 1.807) is 38.2 Å². The van der Waals surface area contributed by atoms with E-state index in [4.69, 9.17) is 5.73 Å². The Morgan fingerprint density at radius 1 is 1.27 bits per heavy atom. The molecule has 0 saturated carbocycles. The first kappa shape index (κ1) is 15.9. The maximum absolute atomic E-state index is 12.9. The Kier molecular flexibility index (Phi) is 4.42. The van der Waals surface area contributed by atoms with Crippen LogP contribution in [0, 0.1) is 5.82 Å². The van der Waals surface area contributed by atoms with Gasteiger partial charge < -0.3 is 15.6 Å². The van der Waals surface area contributed by atoms with E-state index >= 15 is 0 Å². The second-order valence-corrected chi connectivity index (χ2v) is 5.66. The van der Waals surface area contributed by atoms with Crippen molar-refractivity contribution in [1.82, 2.24) is 4.57 Å². The van der Waals surface area contributed by atoms with Crippen molar-refractivity contribution in [1.29, 1.82) is 0 Å². The number of aromatic nitrogens is 1. The average molecular weight is 303 g/mol. The first-order valence-electron chi connectivity index (χ1n) is 6.81. The van der Waals surface area contributed by atoms with Crippen LogP contribution in [0.3, 0.4) is 0 Å². The molecule has 22 heavy (non-hydrogen) atoms. The van der Waals surface area contributed by atoms with Gasteiger partial charge in [-0.25, -0.2) is 4.39 Å². The SMILES string of the molecule is CC(C)(N)C(=O)Nc1cccn(Cc2ccc(F)cc2)c1=O. The predicted molar refractivity (Wildman–Crippen MR) is 83.1 cm³/mol. The summed E-state index contributed by atoms with van der Waals surface area (Å²) in [5, 5.41) is 2.53. The van der Waals surface area contributed by atoms with Crippen molar-refractivity contribution >= 4 is 11.6 Å². The minimum atomic E-state index is -1.08. The van der Waals surface area contributed by atoms with Crippen molar-refractivity contribution in [3.8, 4) is 0 Å². The third-order valence-electron chi connectivity index (χ3n) is 3.12. The summed E-state index contributed by atoms with van der Waals surface area (Å²) in [5.74, 6) is -0.772. The van der Waals surface area contributed by atoms with Gasteiger partial charge in [-0.2, -0.15) is 0 Å². The molecule has 0 radical (unpaired) electrons. The zero-order valence-corrected chi connectivity index (χ0v) is 12.5. The van der Waals surface area contributed by atoms with Gasteiger partial charge in [0.05, 0.1) is 12.1 Å². The van der Waals surface area contributed by atoms with Gasteiger partial charge >= 0.3 is 0 Å². The molecule has 3 N–H and O–H groups in total. The molecule has 0 atom stereocenters. The van der Waals surface area contributed by atoms with Gasteiger partial charge in [0.15, 0.2) is 0 Å². The minimum Gasteiger partial charge on any atom is -0.320 e. The second kappa shape index (κ2) is 6.11. The molecule has 6 heteroatoms. The summed E-state index contributed by atoms with van der Waals surface area (Å²) in [6.07, 6.45) is 1.61. The van der Waals surface area contributed by atoms with Crippen molar-refractivity contribution in [2.24, 2.45) is 5.73 Å². The number of halogens is 1. The number of nitrogens with one attached hydrogen (secondary N) is 1. The van der Waals surface area contributed by atoms with Crippen LogP contribution in [0.25, 0.3) is 0 Å². The number of rotatable bonds is 4. The fourth-order valence-electron chi connectivity index (χ4n) is 1.83. The molecule has 2 aromatic rings. The lowest BCUT2D eigenvalue weighted by molar-refractivity contribution is -0.120. The summed E-state index contributed by atoms with van der Waals surface area (Å²) in [6, 6.07) is 9.06. The van der Waals surface area contributed by atoms with Gasteiger partial charge in [-0.1, -0.05) is 12.1 Å². The number of carbonyl (C=O) groups excluding carboxylic acids is 1. The quantitative estimate of drug-likeness (QED) is 0.902. The normalized spacial score (nSPS) is 11.3. The van der Waals surface area contributed by atoms with Crippen molar-refractivity contribution in [3.63, 3.8) is 0 Å². The van der Waals surface area contributed by atoms with Crippen LogP contribution >= 0.6 is 0 Å². The number of anilines is 1. The van der Waals surface area contributed by atoms with Crippen LogP contribution in [0.15, 0.2) is 47.4 Å². The molecular formula is C16H18FN3O2. The molecule has 0 unspecified atom stereocenters. The number of carbonyl (C=O) groups is 1. The lowest BCUT2D eigenvalue weighted by Gasteiger charge is -2.18. The fourth-order valence-corrected chi connectivity index (χ4v) is 1.83. The number of nitrogens with zero attached hydrogens (tertiary/aromatic N) is 1. The van der Waals surface area contributed by atoms with Gasteiger partial charge in [0, 0.05) is 6.20 Å². The molecule has 0 bridgehead atoms. The first-order valence-corrected chi connectivity index (χ1v) is 6.81. The zero-order chi connectivity index (χ0) is 16.3. The molecule has 116 valence electrons. The standard InChI is InChI=1S/C16H18FN3O2/c1-16(2,18)15(22)19-13-4-3-9-20(14(13)21)10-11-5-7-12(17)8-6-11/h3-9H,10,18H2,1-2H3,(H,19,22). The van der Waals surface area contributed by atoms with Gasteiger partial charge in [0.25, 0.3) is 5.56 Å². The minimum absolute atomic E-state index is 0.160. The fraction of sp³-hybridized carbons (Fsp3) is 0.250. The summed E-state index contributed by atoms with van der Waals surface area (Å²) >= 11 is 0. The predicted octanol–water partition coefficient (Wildman–Crippen LogP) is 1.71. The molecule has 5 nitrogen and oxygen atoms in total. The molecule has 1 amide bonds. The molecule has 2 rings (SSSR count). The van der Waals surface area contributed by atoms with Gasteiger partial charge in [-0.15, -0.1) is 0 Å². The topological polar surface area (TPSA) is 77.1 Å². The van der Waals surface area contributed by atoms with Gasteiger partial charge in [0.1, 0.15) is 11.5 Å². The van der Waals surface area contributed by atoms with Crippen molar-refractivity contribution in [2.45, 2.75) is 25.9 Å². The summed E-state index contributed by atoms with van der Waals surface area (Å²) in [5.41, 5.74) is 5.22. The average Bonchev–Trinajstić information content (AvgIpc) is 2.44. The summed E-state index contributed by atoms with van der Waals surface area (Å²) < 4.78 is 14.3. The molecular weight excluding hydrogens is 285 g/mol. The second-order valence-electron chi connectivity index (χ2n) is 5.66. The number of hydrogen-bond donors (Lipinski definition) is 2.